The maximum absolute atomic E-state index is 4.81. The van der Waals surface area contributed by atoms with Gasteiger partial charge in [-0.05, 0) is 36.5 Å². The first kappa shape index (κ1) is 11.9. The predicted molar refractivity (Wildman–Crippen MR) is 75.6 cm³/mol. The van der Waals surface area contributed by atoms with Crippen molar-refractivity contribution in [2.45, 2.75) is 51.9 Å². The van der Waals surface area contributed by atoms with E-state index in [0.29, 0.717) is 10.8 Å². The molecule has 0 bridgehead atoms. The standard InChI is InChI=1S/C14H24N2S/c1-13(7-8-13)9-15-12-16-10-14(11-17-12)5-3-2-4-6-14/h2-11H2,1H3,(H,15,16). The molecule has 3 rings (SSSR count). The van der Waals surface area contributed by atoms with Crippen LogP contribution in [0.25, 0.3) is 0 Å². The van der Waals surface area contributed by atoms with Gasteiger partial charge in [-0.15, -0.1) is 0 Å². The zero-order chi connectivity index (χ0) is 11.8. The Morgan fingerprint density at radius 1 is 1.18 bits per heavy atom. The average Bonchev–Trinajstić information content (AvgIpc) is 3.09. The summed E-state index contributed by atoms with van der Waals surface area (Å²) in [6, 6.07) is 0. The van der Waals surface area contributed by atoms with Gasteiger partial charge in [0.1, 0.15) is 0 Å². The molecule has 2 saturated carbocycles. The molecule has 0 saturated heterocycles. The van der Waals surface area contributed by atoms with Gasteiger partial charge in [0.25, 0.3) is 0 Å². The Balaban J connectivity index is 1.52. The van der Waals surface area contributed by atoms with Crippen molar-refractivity contribution < 1.29 is 0 Å². The van der Waals surface area contributed by atoms with Crippen molar-refractivity contribution in [2.75, 3.05) is 18.8 Å². The summed E-state index contributed by atoms with van der Waals surface area (Å²) in [6.07, 6.45) is 9.90. The van der Waals surface area contributed by atoms with Gasteiger partial charge in [0, 0.05) is 18.8 Å². The summed E-state index contributed by atoms with van der Waals surface area (Å²) in [5.74, 6) is 1.30. The molecule has 1 heterocycles. The molecule has 0 atom stereocenters. The first-order valence-corrected chi connectivity index (χ1v) is 8.10. The number of rotatable bonds is 2. The molecular formula is C14H24N2S. The minimum Gasteiger partial charge on any atom is -0.364 e. The Hall–Kier alpha value is -0.180. The summed E-state index contributed by atoms with van der Waals surface area (Å²) < 4.78 is 0. The van der Waals surface area contributed by atoms with E-state index in [9.17, 15) is 0 Å². The van der Waals surface area contributed by atoms with Crippen molar-refractivity contribution in [2.24, 2.45) is 15.8 Å². The van der Waals surface area contributed by atoms with Gasteiger partial charge in [-0.2, -0.15) is 0 Å². The van der Waals surface area contributed by atoms with Crippen LogP contribution < -0.4 is 5.32 Å². The normalized spacial score (nSPS) is 29.8. The van der Waals surface area contributed by atoms with E-state index in [1.165, 1.54) is 55.9 Å². The molecule has 2 nitrogen and oxygen atoms in total. The van der Waals surface area contributed by atoms with E-state index in [1.54, 1.807) is 0 Å². The van der Waals surface area contributed by atoms with Gasteiger partial charge in [-0.3, -0.25) is 4.99 Å². The van der Waals surface area contributed by atoms with Crippen LogP contribution in [0.4, 0.5) is 0 Å². The molecular weight excluding hydrogens is 228 g/mol. The van der Waals surface area contributed by atoms with Crippen LogP contribution in [0.1, 0.15) is 51.9 Å². The van der Waals surface area contributed by atoms with Gasteiger partial charge in [0.2, 0.25) is 0 Å². The third-order valence-corrected chi connectivity index (χ3v) is 6.06. The van der Waals surface area contributed by atoms with E-state index in [0.717, 1.165) is 13.1 Å². The Morgan fingerprint density at radius 2 is 1.94 bits per heavy atom. The van der Waals surface area contributed by atoms with Gasteiger partial charge in [0.15, 0.2) is 5.17 Å². The number of hydrogen-bond donors (Lipinski definition) is 1. The van der Waals surface area contributed by atoms with E-state index in [2.05, 4.69) is 12.2 Å². The van der Waals surface area contributed by atoms with E-state index in [-0.39, 0.29) is 0 Å². The molecule has 3 aliphatic rings. The number of hydrogen-bond acceptors (Lipinski definition) is 3. The first-order valence-electron chi connectivity index (χ1n) is 7.11. The molecule has 0 aromatic heterocycles. The lowest BCUT2D eigenvalue weighted by Crippen LogP contribution is -2.38. The monoisotopic (exact) mass is 252 g/mol. The smallest absolute Gasteiger partial charge is 0.156 e. The average molecular weight is 252 g/mol. The predicted octanol–water partition coefficient (Wildman–Crippen LogP) is 3.43. The highest BCUT2D eigenvalue weighted by molar-refractivity contribution is 8.13. The maximum atomic E-state index is 4.81. The summed E-state index contributed by atoms with van der Waals surface area (Å²) in [5.41, 5.74) is 1.15. The van der Waals surface area contributed by atoms with Crippen molar-refractivity contribution in [3.8, 4) is 0 Å². The zero-order valence-corrected chi connectivity index (χ0v) is 11.7. The van der Waals surface area contributed by atoms with E-state index in [1.807, 2.05) is 11.8 Å². The lowest BCUT2D eigenvalue weighted by molar-refractivity contribution is 0.232. The van der Waals surface area contributed by atoms with Gasteiger partial charge >= 0.3 is 0 Å². The molecule has 0 aromatic carbocycles. The second kappa shape index (κ2) is 4.49. The summed E-state index contributed by atoms with van der Waals surface area (Å²) in [7, 11) is 0. The van der Waals surface area contributed by atoms with E-state index in [4.69, 9.17) is 4.99 Å². The number of nitrogens with one attached hydrogen (secondary N) is 1. The van der Waals surface area contributed by atoms with Crippen LogP contribution in [0, 0.1) is 10.8 Å². The van der Waals surface area contributed by atoms with Crippen molar-refractivity contribution in [3.63, 3.8) is 0 Å². The lowest BCUT2D eigenvalue weighted by atomic mass is 9.75. The minimum atomic E-state index is 0.567. The molecule has 2 aliphatic carbocycles. The van der Waals surface area contributed by atoms with Crippen LogP contribution in [-0.4, -0.2) is 24.0 Å². The summed E-state index contributed by atoms with van der Waals surface area (Å²) in [4.78, 5) is 4.81. The Bertz CT molecular complexity index is 314. The fourth-order valence-electron chi connectivity index (χ4n) is 2.94. The summed E-state index contributed by atoms with van der Waals surface area (Å²) >= 11 is 1.98. The van der Waals surface area contributed by atoms with Crippen LogP contribution in [0.2, 0.25) is 0 Å². The van der Waals surface area contributed by atoms with Crippen molar-refractivity contribution in [3.05, 3.63) is 0 Å². The second-order valence-electron chi connectivity index (χ2n) is 6.63. The highest BCUT2D eigenvalue weighted by Gasteiger charge is 2.38. The number of thioether (sulfide) groups is 1. The molecule has 0 radical (unpaired) electrons. The molecule has 2 fully saturated rings. The van der Waals surface area contributed by atoms with Crippen LogP contribution in [0.3, 0.4) is 0 Å². The Labute approximate surface area is 109 Å². The summed E-state index contributed by atoms with van der Waals surface area (Å²) in [6.45, 7) is 4.58. The Morgan fingerprint density at radius 3 is 2.53 bits per heavy atom. The van der Waals surface area contributed by atoms with Gasteiger partial charge < -0.3 is 5.32 Å². The number of aliphatic imine (C=N–C) groups is 1. The molecule has 0 aromatic rings. The molecule has 1 spiro atoms. The van der Waals surface area contributed by atoms with Crippen LogP contribution in [0.15, 0.2) is 4.99 Å². The third kappa shape index (κ3) is 2.81. The Kier molecular flexibility index (Phi) is 3.14. The molecule has 1 aliphatic heterocycles. The third-order valence-electron chi connectivity index (χ3n) is 4.76. The minimum absolute atomic E-state index is 0.567. The quantitative estimate of drug-likeness (QED) is 0.814. The van der Waals surface area contributed by atoms with Crippen LogP contribution in [0.5, 0.6) is 0 Å². The maximum Gasteiger partial charge on any atom is 0.156 e. The molecule has 0 amide bonds. The van der Waals surface area contributed by atoms with E-state index >= 15 is 0 Å². The molecule has 1 N–H and O–H groups in total. The molecule has 17 heavy (non-hydrogen) atoms. The number of amidine groups is 1. The van der Waals surface area contributed by atoms with Crippen molar-refractivity contribution >= 4 is 16.9 Å². The zero-order valence-electron chi connectivity index (χ0n) is 10.9. The second-order valence-corrected chi connectivity index (χ2v) is 7.60. The lowest BCUT2D eigenvalue weighted by Gasteiger charge is -2.38. The summed E-state index contributed by atoms with van der Waals surface area (Å²) in [5, 5.41) is 4.78. The molecule has 3 heteroatoms. The largest absolute Gasteiger partial charge is 0.364 e. The van der Waals surface area contributed by atoms with Crippen LogP contribution >= 0.6 is 11.8 Å². The van der Waals surface area contributed by atoms with Gasteiger partial charge in [-0.25, -0.2) is 0 Å². The van der Waals surface area contributed by atoms with E-state index < -0.39 is 0 Å². The fourth-order valence-corrected chi connectivity index (χ4v) is 4.10. The van der Waals surface area contributed by atoms with Gasteiger partial charge in [0.05, 0.1) is 0 Å². The topological polar surface area (TPSA) is 24.4 Å². The van der Waals surface area contributed by atoms with Crippen molar-refractivity contribution in [1.29, 1.82) is 0 Å². The van der Waals surface area contributed by atoms with Crippen LogP contribution in [-0.2, 0) is 0 Å². The highest BCUT2D eigenvalue weighted by Crippen LogP contribution is 2.45. The molecule has 96 valence electrons. The van der Waals surface area contributed by atoms with Crippen molar-refractivity contribution in [1.82, 2.24) is 5.32 Å². The first-order chi connectivity index (χ1) is 8.20. The fraction of sp³-hybridized carbons (Fsp3) is 0.929. The number of nitrogens with zero attached hydrogens (tertiary/aromatic N) is 1. The highest BCUT2D eigenvalue weighted by atomic mass is 32.2. The molecule has 0 unspecified atom stereocenters. The SMILES string of the molecule is CC1(CNC2=NCC3(CCCCC3)CS2)CC1. The van der Waals surface area contributed by atoms with Gasteiger partial charge in [-0.1, -0.05) is 37.9 Å².